The average Bonchev–Trinajstić information content (AvgIpc) is 3.22. The van der Waals surface area contributed by atoms with Gasteiger partial charge in [-0.25, -0.2) is 14.8 Å². The molecule has 4 heterocycles. The van der Waals surface area contributed by atoms with Crippen LogP contribution in [-0.2, 0) is 7.05 Å². The highest BCUT2D eigenvalue weighted by atomic mass is 32.2. The van der Waals surface area contributed by atoms with Crippen molar-refractivity contribution in [1.82, 2.24) is 28.7 Å². The van der Waals surface area contributed by atoms with Crippen LogP contribution in [0.1, 0.15) is 18.9 Å². The molecule has 26 heavy (non-hydrogen) atoms. The molecule has 0 bridgehead atoms. The Morgan fingerprint density at radius 2 is 1.92 bits per heavy atom. The number of rotatable bonds is 2. The zero-order chi connectivity index (χ0) is 17.7. The Bertz CT molecular complexity index is 1170. The second-order valence-electron chi connectivity index (χ2n) is 6.54. The fraction of sp³-hybridized carbons (Fsp3) is 0.333. The minimum atomic E-state index is -0.0150. The van der Waals surface area contributed by atoms with Crippen molar-refractivity contribution in [2.24, 2.45) is 7.05 Å². The molecule has 5 rings (SSSR count). The van der Waals surface area contributed by atoms with Gasteiger partial charge in [0.25, 0.3) is 0 Å². The van der Waals surface area contributed by atoms with E-state index in [4.69, 9.17) is 4.98 Å². The lowest BCUT2D eigenvalue weighted by atomic mass is 10.1. The summed E-state index contributed by atoms with van der Waals surface area (Å²) in [6.45, 7) is 0. The number of imidazole rings is 2. The Morgan fingerprint density at radius 3 is 2.77 bits per heavy atom. The van der Waals surface area contributed by atoms with E-state index in [0.717, 1.165) is 40.9 Å². The van der Waals surface area contributed by atoms with Crippen molar-refractivity contribution in [3.63, 3.8) is 0 Å². The van der Waals surface area contributed by atoms with Gasteiger partial charge in [-0.2, -0.15) is 16.7 Å². The highest BCUT2D eigenvalue weighted by Crippen LogP contribution is 2.28. The van der Waals surface area contributed by atoms with Crippen LogP contribution in [-0.4, -0.2) is 40.2 Å². The molecule has 1 saturated heterocycles. The molecule has 1 aromatic carbocycles. The third-order valence-corrected chi connectivity index (χ3v) is 6.09. The van der Waals surface area contributed by atoms with Crippen molar-refractivity contribution in [3.8, 4) is 5.95 Å². The Labute approximate surface area is 153 Å². The lowest BCUT2D eigenvalue weighted by molar-refractivity contribution is 0.461. The third-order valence-electron chi connectivity index (χ3n) is 5.04. The maximum atomic E-state index is 12.8. The molecule has 4 aromatic rings. The van der Waals surface area contributed by atoms with E-state index in [1.165, 1.54) is 0 Å². The number of nitrogens with zero attached hydrogens (tertiary/aromatic N) is 6. The molecule has 0 aliphatic carbocycles. The summed E-state index contributed by atoms with van der Waals surface area (Å²) in [5.74, 6) is 2.70. The first-order chi connectivity index (χ1) is 12.7. The van der Waals surface area contributed by atoms with Crippen LogP contribution in [0.25, 0.3) is 28.1 Å². The number of hydrogen-bond acceptors (Lipinski definition) is 5. The van der Waals surface area contributed by atoms with E-state index < -0.39 is 0 Å². The van der Waals surface area contributed by atoms with Crippen molar-refractivity contribution in [1.29, 1.82) is 0 Å². The van der Waals surface area contributed by atoms with Gasteiger partial charge < -0.3 is 0 Å². The van der Waals surface area contributed by atoms with E-state index in [-0.39, 0.29) is 11.7 Å². The van der Waals surface area contributed by atoms with Gasteiger partial charge in [-0.1, -0.05) is 12.1 Å². The number of aromatic nitrogens is 6. The number of fused-ring (bicyclic) bond motifs is 2. The molecule has 7 nitrogen and oxygen atoms in total. The van der Waals surface area contributed by atoms with Gasteiger partial charge >= 0.3 is 5.69 Å². The highest BCUT2D eigenvalue weighted by molar-refractivity contribution is 7.99. The molecule has 1 aliphatic heterocycles. The second-order valence-corrected chi connectivity index (χ2v) is 7.76. The van der Waals surface area contributed by atoms with Crippen LogP contribution in [0.3, 0.4) is 0 Å². The topological polar surface area (TPSA) is 70.5 Å². The summed E-state index contributed by atoms with van der Waals surface area (Å²) in [6, 6.07) is 8.08. The van der Waals surface area contributed by atoms with Gasteiger partial charge in [0.2, 0.25) is 5.95 Å². The first-order valence-electron chi connectivity index (χ1n) is 8.68. The average molecular weight is 366 g/mol. The molecule has 3 aromatic heterocycles. The first kappa shape index (κ1) is 15.6. The Morgan fingerprint density at radius 1 is 1.12 bits per heavy atom. The third kappa shape index (κ3) is 2.28. The fourth-order valence-corrected chi connectivity index (χ4v) is 4.72. The quantitative estimate of drug-likeness (QED) is 0.545. The van der Waals surface area contributed by atoms with Gasteiger partial charge in [0.1, 0.15) is 11.8 Å². The van der Waals surface area contributed by atoms with Crippen molar-refractivity contribution in [2.75, 3.05) is 11.5 Å². The highest BCUT2D eigenvalue weighted by Gasteiger charge is 2.23. The summed E-state index contributed by atoms with van der Waals surface area (Å²) in [6.07, 6.45) is 5.46. The van der Waals surface area contributed by atoms with Gasteiger partial charge in [-0.3, -0.25) is 13.7 Å². The second kappa shape index (κ2) is 5.98. The van der Waals surface area contributed by atoms with Gasteiger partial charge in [-0.05, 0) is 36.5 Å². The van der Waals surface area contributed by atoms with E-state index in [1.54, 1.807) is 24.1 Å². The summed E-state index contributed by atoms with van der Waals surface area (Å²) >= 11 is 1.95. The number of hydrogen-bond donors (Lipinski definition) is 0. The van der Waals surface area contributed by atoms with Gasteiger partial charge in [0.15, 0.2) is 5.65 Å². The van der Waals surface area contributed by atoms with Crippen LogP contribution >= 0.6 is 11.8 Å². The van der Waals surface area contributed by atoms with Crippen molar-refractivity contribution in [3.05, 3.63) is 47.3 Å². The molecule has 0 N–H and O–H groups in total. The summed E-state index contributed by atoms with van der Waals surface area (Å²) in [5, 5.41) is 0. The van der Waals surface area contributed by atoms with Gasteiger partial charge in [0.05, 0.1) is 17.2 Å². The smallest absolute Gasteiger partial charge is 0.292 e. The van der Waals surface area contributed by atoms with E-state index >= 15 is 0 Å². The molecule has 132 valence electrons. The predicted octanol–water partition coefficient (Wildman–Crippen LogP) is 2.54. The largest absolute Gasteiger partial charge is 0.330 e. The number of aryl methyl sites for hydroxylation is 1. The molecular formula is C18H18N6OS. The zero-order valence-electron chi connectivity index (χ0n) is 14.4. The zero-order valence-corrected chi connectivity index (χ0v) is 15.2. The lowest BCUT2D eigenvalue weighted by Crippen LogP contribution is -2.28. The molecule has 0 amide bonds. The number of para-hydroxylation sites is 2. The van der Waals surface area contributed by atoms with E-state index in [9.17, 15) is 4.79 Å². The molecule has 0 saturated carbocycles. The minimum absolute atomic E-state index is 0.0150. The Kier molecular flexibility index (Phi) is 3.59. The van der Waals surface area contributed by atoms with Crippen LogP contribution in [0.15, 0.2) is 41.6 Å². The van der Waals surface area contributed by atoms with E-state index in [2.05, 4.69) is 9.97 Å². The summed E-state index contributed by atoms with van der Waals surface area (Å²) in [4.78, 5) is 26.5. The molecule has 0 atom stereocenters. The van der Waals surface area contributed by atoms with Crippen molar-refractivity contribution >= 4 is 34.0 Å². The van der Waals surface area contributed by atoms with Crippen molar-refractivity contribution in [2.45, 2.75) is 18.9 Å². The molecule has 1 fully saturated rings. The molecule has 1 aliphatic rings. The monoisotopic (exact) mass is 366 g/mol. The Balaban J connectivity index is 1.73. The van der Waals surface area contributed by atoms with Crippen LogP contribution in [0.5, 0.6) is 0 Å². The molecule has 0 unspecified atom stereocenters. The molecule has 0 radical (unpaired) electrons. The van der Waals surface area contributed by atoms with E-state index in [0.29, 0.717) is 11.6 Å². The summed E-state index contributed by atoms with van der Waals surface area (Å²) in [7, 11) is 1.79. The summed E-state index contributed by atoms with van der Waals surface area (Å²) in [5.41, 5.74) is 3.30. The maximum absolute atomic E-state index is 12.8. The molecular weight excluding hydrogens is 348 g/mol. The molecule has 8 heteroatoms. The fourth-order valence-electron chi connectivity index (χ4n) is 3.63. The maximum Gasteiger partial charge on any atom is 0.330 e. The van der Waals surface area contributed by atoms with Gasteiger partial charge in [-0.15, -0.1) is 0 Å². The molecule has 0 spiro atoms. The van der Waals surface area contributed by atoms with Gasteiger partial charge in [0, 0.05) is 13.1 Å². The van der Waals surface area contributed by atoms with Crippen LogP contribution in [0.2, 0.25) is 0 Å². The lowest BCUT2D eigenvalue weighted by Gasteiger charge is -2.22. The first-order valence-corrected chi connectivity index (χ1v) is 9.83. The SMILES string of the molecule is Cn1c(=O)n(C2CCSCC2)c2nc(-n3cnc4ccccc43)ncc21. The Hall–Kier alpha value is -2.61. The summed E-state index contributed by atoms with van der Waals surface area (Å²) < 4.78 is 5.37. The van der Waals surface area contributed by atoms with Crippen LogP contribution in [0, 0.1) is 0 Å². The van der Waals surface area contributed by atoms with Crippen LogP contribution < -0.4 is 5.69 Å². The van der Waals surface area contributed by atoms with Crippen molar-refractivity contribution < 1.29 is 0 Å². The number of thioether (sulfide) groups is 1. The standard InChI is InChI=1S/C18H18N6OS/c1-22-15-10-19-17(23-11-20-13-4-2-3-5-14(13)23)21-16(15)24(18(22)25)12-6-8-26-9-7-12/h2-5,10-12H,6-9H2,1H3. The predicted molar refractivity (Wildman–Crippen MR) is 103 cm³/mol. The number of benzene rings is 1. The normalized spacial score (nSPS) is 15.9. The minimum Gasteiger partial charge on any atom is -0.292 e. The van der Waals surface area contributed by atoms with E-state index in [1.807, 2.05) is 45.2 Å². The van der Waals surface area contributed by atoms with Crippen LogP contribution in [0.4, 0.5) is 0 Å².